The number of anilines is 1. The number of benzene rings is 3. The van der Waals surface area contributed by atoms with Gasteiger partial charge in [0, 0.05) is 23.4 Å². The molecule has 1 amide bonds. The third kappa shape index (κ3) is 4.89. The lowest BCUT2D eigenvalue weighted by molar-refractivity contribution is -0.126. The molecule has 0 radical (unpaired) electrons. The minimum atomic E-state index is -1.14. The van der Waals surface area contributed by atoms with Crippen LogP contribution in [0.25, 0.3) is 22.3 Å². The summed E-state index contributed by atoms with van der Waals surface area (Å²) in [7, 11) is 0. The van der Waals surface area contributed by atoms with Gasteiger partial charge in [-0.3, -0.25) is 9.59 Å². The van der Waals surface area contributed by atoms with Crippen molar-refractivity contribution in [3.63, 3.8) is 0 Å². The normalized spacial score (nSPS) is 11.5. The zero-order chi connectivity index (χ0) is 25.7. The highest BCUT2D eigenvalue weighted by Gasteiger charge is 2.27. The highest BCUT2D eigenvalue weighted by Crippen LogP contribution is 2.28. The van der Waals surface area contributed by atoms with E-state index in [2.05, 4.69) is 0 Å². The molecule has 0 bridgehead atoms. The number of carbonyl (C=O) groups excluding carboxylic acids is 2. The molecule has 4 rings (SSSR count). The van der Waals surface area contributed by atoms with Gasteiger partial charge in [0.25, 0.3) is 5.91 Å². The second-order valence-electron chi connectivity index (χ2n) is 8.21. The second-order valence-corrected chi connectivity index (χ2v) is 8.21. The largest absolute Gasteiger partial charge is 0.455 e. The van der Waals surface area contributed by atoms with Gasteiger partial charge in [-0.05, 0) is 38.1 Å². The highest BCUT2D eigenvalue weighted by molar-refractivity contribution is 6.04. The summed E-state index contributed by atoms with van der Waals surface area (Å²) >= 11 is 0. The van der Waals surface area contributed by atoms with Gasteiger partial charge in [-0.2, -0.15) is 5.26 Å². The Kier molecular flexibility index (Phi) is 7.26. The number of nitriles is 1. The minimum absolute atomic E-state index is 0.0460. The van der Waals surface area contributed by atoms with Gasteiger partial charge in [0.05, 0.1) is 17.9 Å². The monoisotopic (exact) mass is 480 g/mol. The number of para-hydroxylation sites is 2. The van der Waals surface area contributed by atoms with Crippen LogP contribution in [0.1, 0.15) is 29.3 Å². The molecular weight excluding hydrogens is 456 g/mol. The molecule has 36 heavy (non-hydrogen) atoms. The molecule has 0 fully saturated rings. The molecule has 0 N–H and O–H groups in total. The van der Waals surface area contributed by atoms with Gasteiger partial charge in [0.2, 0.25) is 0 Å². The van der Waals surface area contributed by atoms with Gasteiger partial charge in [0.1, 0.15) is 11.3 Å². The number of amides is 1. The van der Waals surface area contributed by atoms with Crippen LogP contribution in [0.4, 0.5) is 5.69 Å². The van der Waals surface area contributed by atoms with Crippen molar-refractivity contribution in [3.8, 4) is 17.4 Å². The van der Waals surface area contributed by atoms with Crippen LogP contribution in [0.15, 0.2) is 88.1 Å². The van der Waals surface area contributed by atoms with E-state index < -0.39 is 18.0 Å². The van der Waals surface area contributed by atoms with Crippen molar-refractivity contribution < 1.29 is 18.7 Å². The first-order valence-corrected chi connectivity index (χ1v) is 11.5. The molecule has 0 spiro atoms. The van der Waals surface area contributed by atoms with E-state index in [0.717, 1.165) is 0 Å². The molecule has 7 nitrogen and oxygen atoms in total. The molecule has 0 saturated heterocycles. The minimum Gasteiger partial charge on any atom is -0.455 e. The van der Waals surface area contributed by atoms with Crippen LogP contribution in [0.5, 0.6) is 0 Å². The fourth-order valence-electron chi connectivity index (χ4n) is 3.97. The van der Waals surface area contributed by atoms with Crippen LogP contribution in [-0.2, 0) is 9.53 Å². The van der Waals surface area contributed by atoms with Crippen molar-refractivity contribution in [2.45, 2.75) is 26.4 Å². The summed E-state index contributed by atoms with van der Waals surface area (Å²) < 4.78 is 11.6. The lowest BCUT2D eigenvalue weighted by Crippen LogP contribution is -2.40. The predicted octanol–water partition coefficient (Wildman–Crippen LogP) is 5.26. The second kappa shape index (κ2) is 10.7. The van der Waals surface area contributed by atoms with Crippen molar-refractivity contribution in [1.29, 1.82) is 5.26 Å². The first-order chi connectivity index (χ1) is 17.4. The Labute approximate surface area is 208 Å². The predicted molar refractivity (Wildman–Crippen MR) is 137 cm³/mol. The molecule has 1 atom stereocenters. The Morgan fingerprint density at radius 1 is 1.00 bits per heavy atom. The number of hydrogen-bond donors (Lipinski definition) is 0. The smallest absolute Gasteiger partial charge is 0.342 e. The van der Waals surface area contributed by atoms with Crippen LogP contribution in [-0.4, -0.2) is 24.5 Å². The quantitative estimate of drug-likeness (QED) is 0.335. The summed E-state index contributed by atoms with van der Waals surface area (Å²) in [6, 6.07) is 24.7. The van der Waals surface area contributed by atoms with Crippen molar-refractivity contribution in [1.82, 2.24) is 0 Å². The van der Waals surface area contributed by atoms with Gasteiger partial charge in [-0.25, -0.2) is 4.79 Å². The molecule has 3 aromatic carbocycles. The van der Waals surface area contributed by atoms with Crippen molar-refractivity contribution in [3.05, 3.63) is 100 Å². The molecule has 180 valence electrons. The number of nitrogens with zero attached hydrogens (tertiary/aromatic N) is 2. The van der Waals surface area contributed by atoms with Crippen LogP contribution in [0.2, 0.25) is 0 Å². The molecular formula is C29H24N2O5. The van der Waals surface area contributed by atoms with E-state index in [9.17, 15) is 14.4 Å². The van der Waals surface area contributed by atoms with Crippen molar-refractivity contribution >= 4 is 28.5 Å². The van der Waals surface area contributed by atoms with Crippen LogP contribution in [0.3, 0.4) is 0 Å². The Morgan fingerprint density at radius 2 is 1.67 bits per heavy atom. The summed E-state index contributed by atoms with van der Waals surface area (Å²) in [5.74, 6) is -0.891. The summed E-state index contributed by atoms with van der Waals surface area (Å²) in [5.41, 5.74) is 1.63. The molecule has 1 aromatic heterocycles. The van der Waals surface area contributed by atoms with Gasteiger partial charge in [-0.1, -0.05) is 54.6 Å². The average Bonchev–Trinajstić information content (AvgIpc) is 2.91. The molecule has 0 aliphatic carbocycles. The number of esters is 1. The first-order valence-electron chi connectivity index (χ1n) is 11.5. The Morgan fingerprint density at radius 3 is 2.33 bits per heavy atom. The average molecular weight is 481 g/mol. The number of carbonyl (C=O) groups is 2. The molecule has 1 heterocycles. The van der Waals surface area contributed by atoms with E-state index in [4.69, 9.17) is 14.4 Å². The van der Waals surface area contributed by atoms with Crippen molar-refractivity contribution in [2.75, 3.05) is 11.4 Å². The zero-order valence-electron chi connectivity index (χ0n) is 19.9. The van der Waals surface area contributed by atoms with E-state index in [1.165, 1.54) is 17.9 Å². The summed E-state index contributed by atoms with van der Waals surface area (Å²) in [4.78, 5) is 40.9. The maximum absolute atomic E-state index is 13.2. The van der Waals surface area contributed by atoms with E-state index in [1.54, 1.807) is 43.3 Å². The third-order valence-electron chi connectivity index (χ3n) is 5.81. The van der Waals surface area contributed by atoms with Crippen LogP contribution in [0, 0.1) is 18.3 Å². The molecule has 0 aliphatic heterocycles. The van der Waals surface area contributed by atoms with E-state index in [-0.39, 0.29) is 34.9 Å². The highest BCUT2D eigenvalue weighted by atomic mass is 16.5. The van der Waals surface area contributed by atoms with Crippen LogP contribution < -0.4 is 10.3 Å². The molecule has 7 heteroatoms. The van der Waals surface area contributed by atoms with Gasteiger partial charge in [-0.15, -0.1) is 0 Å². The Balaban J connectivity index is 1.67. The fourth-order valence-corrected chi connectivity index (χ4v) is 3.97. The number of rotatable bonds is 7. The molecule has 4 aromatic rings. The van der Waals surface area contributed by atoms with E-state index in [1.807, 2.05) is 42.5 Å². The number of fused-ring (bicyclic) bond motifs is 1. The maximum atomic E-state index is 13.2. The van der Waals surface area contributed by atoms with Gasteiger partial charge < -0.3 is 14.1 Å². The summed E-state index contributed by atoms with van der Waals surface area (Å²) in [6.07, 6.45) is -1.02. The summed E-state index contributed by atoms with van der Waals surface area (Å²) in [6.45, 7) is 3.31. The fraction of sp³-hybridized carbons (Fsp3) is 0.172. The Hall–Kier alpha value is -4.70. The first kappa shape index (κ1) is 24.4. The van der Waals surface area contributed by atoms with Gasteiger partial charge >= 0.3 is 5.97 Å². The van der Waals surface area contributed by atoms with Crippen molar-refractivity contribution in [2.24, 2.45) is 0 Å². The standard InChI is InChI=1S/C29H24N2O5/c1-19-25(32)23-15-9-16-24(27(23)36-26(19)21-11-5-3-6-12-21)29(34)35-20(2)28(33)31(18-10-17-30)22-13-7-4-8-14-22/h3-9,11-16,20H,10,18H2,1-2H3. The molecule has 0 saturated carbocycles. The topological polar surface area (TPSA) is 101 Å². The Bertz CT molecular complexity index is 1500. The third-order valence-corrected chi connectivity index (χ3v) is 5.81. The van der Waals surface area contributed by atoms with Gasteiger partial charge in [0.15, 0.2) is 17.1 Å². The van der Waals surface area contributed by atoms with E-state index >= 15 is 0 Å². The van der Waals surface area contributed by atoms with Crippen LogP contribution >= 0.6 is 0 Å². The summed E-state index contributed by atoms with van der Waals surface area (Å²) in [5, 5.41) is 9.26. The maximum Gasteiger partial charge on any atom is 0.342 e. The SMILES string of the molecule is Cc1c(-c2ccccc2)oc2c(C(=O)OC(C)C(=O)N(CCC#N)c3ccccc3)cccc2c1=O. The number of ether oxygens (including phenoxy) is 1. The molecule has 0 aliphatic rings. The lowest BCUT2D eigenvalue weighted by Gasteiger charge is -2.25. The zero-order valence-corrected chi connectivity index (χ0v) is 19.9. The lowest BCUT2D eigenvalue weighted by atomic mass is 10.0. The van der Waals surface area contributed by atoms with E-state index in [0.29, 0.717) is 22.6 Å². The molecule has 1 unspecified atom stereocenters. The number of hydrogen-bond acceptors (Lipinski definition) is 6.